The number of ether oxygens (including phenoxy) is 4. The zero-order chi connectivity index (χ0) is 72.7. The third-order valence-electron chi connectivity index (χ3n) is 17.3. The van der Waals surface area contributed by atoms with Crippen LogP contribution in [0.15, 0.2) is 48.6 Å². The zero-order valence-corrected chi connectivity index (χ0v) is 70.1. The van der Waals surface area contributed by atoms with E-state index in [0.717, 1.165) is 103 Å². The van der Waals surface area contributed by atoms with E-state index < -0.39 is 38.4 Å². The van der Waals surface area contributed by atoms with E-state index in [1.54, 1.807) is 0 Å². The summed E-state index contributed by atoms with van der Waals surface area (Å²) in [7, 11) is -5.18. The van der Waals surface area contributed by atoms with Crippen LogP contribution in [0, 0.1) is 0 Å². The van der Waals surface area contributed by atoms with Crippen LogP contribution in [0.25, 0.3) is 0 Å². The van der Waals surface area contributed by atoms with E-state index in [2.05, 4.69) is 76.3 Å². The first-order valence-electron chi connectivity index (χ1n) is 40.2. The van der Waals surface area contributed by atoms with E-state index in [4.69, 9.17) is 34.3 Å². The van der Waals surface area contributed by atoms with Crippen molar-refractivity contribution >= 4 is 31.5 Å². The summed E-state index contributed by atoms with van der Waals surface area (Å²) in [5, 5.41) is 43.9. The Morgan fingerprint density at radius 1 is 0.310 bits per heavy atom. The fraction of sp³-hybridized carbons (Fsp3) is 0.852. The molecule has 0 aliphatic rings. The number of carbonyl (C=O) groups is 4. The molecule has 0 aliphatic carbocycles. The number of aliphatic hydroxyl groups excluding tert-OH is 5. The molecule has 0 rings (SSSR count). The van der Waals surface area contributed by atoms with Crippen molar-refractivity contribution in [3.63, 3.8) is 0 Å². The Morgan fingerprint density at radius 3 is 0.680 bits per heavy atom. The summed E-state index contributed by atoms with van der Waals surface area (Å²) < 4.78 is 31.0. The largest absolute Gasteiger partial charge is 1.00 e. The Morgan fingerprint density at radius 2 is 0.500 bits per heavy atom. The molecule has 0 amide bonds. The van der Waals surface area contributed by atoms with Gasteiger partial charge in [0.15, 0.2) is 12.2 Å². The average molecular weight is 1460 g/mol. The second-order valence-corrected chi connectivity index (χ2v) is 28.6. The van der Waals surface area contributed by atoms with Crippen LogP contribution in [0.2, 0.25) is 0 Å². The van der Waals surface area contributed by atoms with Crippen LogP contribution in [-0.2, 0) is 42.7 Å². The number of rotatable bonds is 71. The topological polar surface area (TPSA) is 270 Å². The Kier molecular flexibility index (Phi) is 95.0. The number of aliphatic hydroxyl groups is 5. The van der Waals surface area contributed by atoms with Crippen molar-refractivity contribution < 1.29 is 137 Å². The summed E-state index contributed by atoms with van der Waals surface area (Å²) in [5.74, 6) is -3.63. The molecule has 0 heterocycles. The van der Waals surface area contributed by atoms with Crippen molar-refractivity contribution in [3.8, 4) is 0 Å². The van der Waals surface area contributed by atoms with E-state index in [0.29, 0.717) is 25.7 Å². The van der Waals surface area contributed by atoms with E-state index in [-0.39, 0.29) is 109 Å². The second-order valence-electron chi connectivity index (χ2n) is 27.0. The van der Waals surface area contributed by atoms with Crippen molar-refractivity contribution in [1.82, 2.24) is 0 Å². The minimum absolute atomic E-state index is 0. The van der Waals surface area contributed by atoms with Gasteiger partial charge >= 0.3 is 83.0 Å². The van der Waals surface area contributed by atoms with E-state index >= 15 is 0 Å². The molecule has 0 spiro atoms. The second kappa shape index (κ2) is 88.4. The molecule has 0 radical (unpaired) electrons. The summed E-state index contributed by atoms with van der Waals surface area (Å²) >= 11 is 0. The molecule has 0 aromatic heterocycles. The van der Waals surface area contributed by atoms with Crippen molar-refractivity contribution in [3.05, 3.63) is 48.6 Å². The van der Waals surface area contributed by atoms with Crippen LogP contribution < -0.4 is 68.9 Å². The van der Waals surface area contributed by atoms with Crippen molar-refractivity contribution in [2.75, 3.05) is 33.0 Å². The van der Waals surface area contributed by atoms with Gasteiger partial charge in [0.05, 0.1) is 19.8 Å². The molecule has 16 nitrogen and oxygen atoms in total. The molecule has 19 heteroatoms. The van der Waals surface area contributed by atoms with Crippen LogP contribution in [0.3, 0.4) is 0 Å². The molecule has 2 unspecified atom stereocenters. The van der Waals surface area contributed by atoms with Gasteiger partial charge < -0.3 is 58.8 Å². The number of allylic oxidation sites excluding steroid dienone is 8. The molecule has 0 saturated carbocycles. The van der Waals surface area contributed by atoms with Crippen LogP contribution in [-0.4, -0.2) is 107 Å². The van der Waals surface area contributed by atoms with Gasteiger partial charge in [0.25, 0.3) is 0 Å². The maximum Gasteiger partial charge on any atom is 1.00 e. The van der Waals surface area contributed by atoms with Gasteiger partial charge in [-0.25, -0.2) is 0 Å². The number of hydrogen-bond donors (Lipinski definition) is 5. The van der Waals surface area contributed by atoms with Gasteiger partial charge in [-0.05, 0) is 136 Å². The third kappa shape index (κ3) is 87.4. The van der Waals surface area contributed by atoms with E-state index in [1.807, 2.05) is 0 Å². The SMILES string of the molecule is CCCCCCCC/C=C\CCCCCCCC(=O)OC[C@@H](CO)OC(=O)CCCCCCC/C=C\CCCCCCCC.CCCCCCCC/C=C\CCCCCCCC(=O)OC[C@H](CO)OC(=O)CCCCCCC/C=C\CCCCCCCC.O=P([O-])([O-])C(O)C(O)CO.[Na+].[Na+]. The fourth-order valence-electron chi connectivity index (χ4n) is 10.9. The molecular formula is C81H151Na2O16P. The number of hydrogen-bond acceptors (Lipinski definition) is 16. The standard InChI is InChI=1S/2C39H72O5.C3H9O6P.2Na/c2*1-3-5-7-9-11-13-15-17-19-21-23-25-27-29-31-33-38(41)43-36-37(35-40)44-39(42)34-32-30-28-26-24-22-20-18-16-14-12-10-8-6-4-2;4-1-2(5)3(6)10(7,8)9;;/h2*17-20,37,40H,3-16,21-36H2,1-2H3;2-6H,1H2,(H2,7,8,9);;/q;;;2*+1/p-2/b2*19-17-,20-18-;;;/t2*37-;;;/m10.../s1. The minimum Gasteiger partial charge on any atom is -0.809 e. The molecule has 100 heavy (non-hydrogen) atoms. The minimum atomic E-state index is -5.18. The maximum atomic E-state index is 12.1. The summed E-state index contributed by atoms with van der Waals surface area (Å²) in [4.78, 5) is 68.1. The van der Waals surface area contributed by atoms with Crippen LogP contribution >= 0.6 is 7.60 Å². The molecular weight excluding hydrogens is 1310 g/mol. The first-order chi connectivity index (χ1) is 47.7. The Hall–Kier alpha value is -1.21. The molecule has 0 saturated heterocycles. The predicted octanol–water partition coefficient (Wildman–Crippen LogP) is 13.6. The Labute approximate surface area is 656 Å². The van der Waals surface area contributed by atoms with Gasteiger partial charge in [0.1, 0.15) is 25.2 Å². The molecule has 0 aliphatic heterocycles. The Bertz CT molecular complexity index is 1770. The maximum absolute atomic E-state index is 12.1. The smallest absolute Gasteiger partial charge is 0.809 e. The van der Waals surface area contributed by atoms with Crippen molar-refractivity contribution in [2.45, 2.75) is 411 Å². The number of unbranched alkanes of at least 4 members (excludes halogenated alkanes) is 44. The molecule has 0 aromatic carbocycles. The van der Waals surface area contributed by atoms with Gasteiger partial charge in [-0.15, -0.1) is 0 Å². The van der Waals surface area contributed by atoms with E-state index in [1.165, 1.54) is 231 Å². The van der Waals surface area contributed by atoms with E-state index in [9.17, 15) is 43.7 Å². The first-order valence-corrected chi connectivity index (χ1v) is 41.8. The first kappa shape index (κ1) is 107. The quantitative estimate of drug-likeness (QED) is 0.00946. The van der Waals surface area contributed by atoms with Gasteiger partial charge in [-0.2, -0.15) is 0 Å². The normalized spacial score (nSPS) is 12.7. The summed E-state index contributed by atoms with van der Waals surface area (Å²) in [5.41, 5.74) is 0. The molecule has 0 aromatic rings. The van der Waals surface area contributed by atoms with Crippen molar-refractivity contribution in [1.29, 1.82) is 0 Å². The monoisotopic (exact) mass is 1460 g/mol. The average Bonchev–Trinajstić information content (AvgIpc) is 0.932. The molecule has 578 valence electrons. The number of carbonyl (C=O) groups excluding carboxylic acids is 4. The zero-order valence-electron chi connectivity index (χ0n) is 65.2. The number of esters is 4. The van der Waals surface area contributed by atoms with Gasteiger partial charge in [-0.3, -0.25) is 19.2 Å². The van der Waals surface area contributed by atoms with Gasteiger partial charge in [-0.1, -0.05) is 282 Å². The van der Waals surface area contributed by atoms with Crippen LogP contribution in [0.5, 0.6) is 0 Å². The summed E-state index contributed by atoms with van der Waals surface area (Å²) in [6.07, 6.45) is 79.8. The van der Waals surface area contributed by atoms with Gasteiger partial charge in [0.2, 0.25) is 0 Å². The van der Waals surface area contributed by atoms with Crippen LogP contribution in [0.1, 0.15) is 387 Å². The van der Waals surface area contributed by atoms with Crippen LogP contribution in [0.4, 0.5) is 0 Å². The van der Waals surface area contributed by atoms with Crippen molar-refractivity contribution in [2.24, 2.45) is 0 Å². The Balaban J connectivity index is -0.000000518. The molecule has 5 N–H and O–H groups in total. The molecule has 4 atom stereocenters. The van der Waals surface area contributed by atoms with Gasteiger partial charge in [0, 0.05) is 25.7 Å². The molecule has 0 fully saturated rings. The third-order valence-corrected chi connectivity index (χ3v) is 18.3. The molecule has 0 bridgehead atoms. The summed E-state index contributed by atoms with van der Waals surface area (Å²) in [6.45, 7) is 7.26. The fourth-order valence-corrected chi connectivity index (χ4v) is 11.4. The predicted molar refractivity (Wildman–Crippen MR) is 400 cm³/mol. The summed E-state index contributed by atoms with van der Waals surface area (Å²) in [6, 6.07) is 0.